The molecule has 0 amide bonds. The van der Waals surface area contributed by atoms with Crippen LogP contribution in [-0.4, -0.2) is 66.9 Å². The van der Waals surface area contributed by atoms with Gasteiger partial charge in [0.2, 0.25) is 0 Å². The Morgan fingerprint density at radius 2 is 0.900 bits per heavy atom. The SMILES string of the molecule is B.B.CN1CCN(C)CC1. The number of hydrogen-bond donors (Lipinski definition) is 0. The van der Waals surface area contributed by atoms with Gasteiger partial charge in [-0.25, -0.2) is 0 Å². The van der Waals surface area contributed by atoms with Crippen molar-refractivity contribution in [3.63, 3.8) is 0 Å². The first-order valence-corrected chi connectivity index (χ1v) is 3.16. The van der Waals surface area contributed by atoms with Gasteiger partial charge in [-0.2, -0.15) is 0 Å². The fourth-order valence-electron chi connectivity index (χ4n) is 0.906. The minimum absolute atomic E-state index is 0. The van der Waals surface area contributed by atoms with E-state index < -0.39 is 0 Å². The Hall–Kier alpha value is 0.0499. The summed E-state index contributed by atoms with van der Waals surface area (Å²) in [6.45, 7) is 4.93. The first-order chi connectivity index (χ1) is 3.79. The molecule has 1 rings (SSSR count). The highest BCUT2D eigenvalue weighted by atomic mass is 15.2. The van der Waals surface area contributed by atoms with Crippen molar-refractivity contribution in [2.75, 3.05) is 40.3 Å². The summed E-state index contributed by atoms with van der Waals surface area (Å²) < 4.78 is 0. The van der Waals surface area contributed by atoms with E-state index in [9.17, 15) is 0 Å². The molecule has 0 unspecified atom stereocenters. The number of likely N-dealkylation sites (N-methyl/N-ethyl adjacent to an activating group) is 2. The first kappa shape index (κ1) is 12.7. The highest BCUT2D eigenvalue weighted by Gasteiger charge is 2.07. The molecule has 0 atom stereocenters. The van der Waals surface area contributed by atoms with Crippen LogP contribution in [0.2, 0.25) is 0 Å². The van der Waals surface area contributed by atoms with Crippen LogP contribution < -0.4 is 0 Å². The lowest BCUT2D eigenvalue weighted by molar-refractivity contribution is 0.181. The minimum atomic E-state index is 0. The van der Waals surface area contributed by atoms with Gasteiger partial charge in [0.15, 0.2) is 0 Å². The van der Waals surface area contributed by atoms with Crippen molar-refractivity contribution in [2.45, 2.75) is 0 Å². The van der Waals surface area contributed by atoms with E-state index >= 15 is 0 Å². The Kier molecular flexibility index (Phi) is 7.38. The second-order valence-corrected chi connectivity index (χ2v) is 2.61. The zero-order valence-electron chi connectivity index (χ0n) is 5.72. The van der Waals surface area contributed by atoms with E-state index in [1.807, 2.05) is 0 Å². The highest BCUT2D eigenvalue weighted by molar-refractivity contribution is 5.76. The summed E-state index contributed by atoms with van der Waals surface area (Å²) in [5.74, 6) is 0. The molecular weight excluding hydrogens is 122 g/mol. The number of piperazine rings is 1. The molecule has 1 saturated heterocycles. The van der Waals surface area contributed by atoms with Crippen LogP contribution in [0.4, 0.5) is 0 Å². The summed E-state index contributed by atoms with van der Waals surface area (Å²) in [5.41, 5.74) is 0. The molecule has 1 heterocycles. The fraction of sp³-hybridized carbons (Fsp3) is 1.00. The molecule has 1 fully saturated rings. The van der Waals surface area contributed by atoms with E-state index in [-0.39, 0.29) is 16.8 Å². The van der Waals surface area contributed by atoms with E-state index in [2.05, 4.69) is 23.9 Å². The normalized spacial score (nSPS) is 21.0. The van der Waals surface area contributed by atoms with Crippen molar-refractivity contribution in [1.29, 1.82) is 0 Å². The molecule has 4 heteroatoms. The fourth-order valence-corrected chi connectivity index (χ4v) is 0.906. The second-order valence-electron chi connectivity index (χ2n) is 2.61. The molecule has 1 aliphatic heterocycles. The lowest BCUT2D eigenvalue weighted by atomic mass is 10.4. The van der Waals surface area contributed by atoms with Crippen molar-refractivity contribution in [3.05, 3.63) is 0 Å². The molecular formula is C6H20B2N2. The summed E-state index contributed by atoms with van der Waals surface area (Å²) in [5, 5.41) is 0. The molecule has 1 aliphatic rings. The summed E-state index contributed by atoms with van der Waals surface area (Å²) in [4.78, 5) is 4.72. The van der Waals surface area contributed by atoms with Crippen LogP contribution in [0.1, 0.15) is 0 Å². The van der Waals surface area contributed by atoms with Crippen LogP contribution in [0.25, 0.3) is 0 Å². The van der Waals surface area contributed by atoms with Gasteiger partial charge in [-0.3, -0.25) is 0 Å². The predicted octanol–water partition coefficient (Wildman–Crippen LogP) is -2.50. The van der Waals surface area contributed by atoms with Crippen molar-refractivity contribution < 1.29 is 0 Å². The summed E-state index contributed by atoms with van der Waals surface area (Å²) >= 11 is 0. The van der Waals surface area contributed by atoms with Gasteiger partial charge in [-0.1, -0.05) is 0 Å². The van der Waals surface area contributed by atoms with Gasteiger partial charge in [0.05, 0.1) is 16.8 Å². The standard InChI is InChI=1S/C6H14N2.2BH3/c1-7-3-5-8(2)6-4-7;;/h3-6H2,1-2H3;2*1H3. The third-order valence-electron chi connectivity index (χ3n) is 1.73. The minimum Gasteiger partial charge on any atom is -0.304 e. The molecule has 2 nitrogen and oxygen atoms in total. The lowest BCUT2D eigenvalue weighted by Crippen LogP contribution is -2.42. The Labute approximate surface area is 67.7 Å². The Bertz CT molecular complexity index is 62.1. The van der Waals surface area contributed by atoms with Crippen molar-refractivity contribution >= 4 is 16.8 Å². The van der Waals surface area contributed by atoms with E-state index in [1.54, 1.807) is 0 Å². The average Bonchev–Trinajstić information content (AvgIpc) is 1.77. The van der Waals surface area contributed by atoms with Gasteiger partial charge >= 0.3 is 0 Å². The van der Waals surface area contributed by atoms with Gasteiger partial charge in [0.25, 0.3) is 0 Å². The molecule has 0 aliphatic carbocycles. The van der Waals surface area contributed by atoms with Gasteiger partial charge < -0.3 is 9.80 Å². The topological polar surface area (TPSA) is 6.48 Å². The van der Waals surface area contributed by atoms with Gasteiger partial charge in [-0.15, -0.1) is 0 Å². The smallest absolute Gasteiger partial charge is 0.0814 e. The molecule has 0 bridgehead atoms. The molecule has 60 valence electrons. The first-order valence-electron chi connectivity index (χ1n) is 3.16. The zero-order valence-corrected chi connectivity index (χ0v) is 5.72. The molecule has 0 spiro atoms. The van der Waals surface area contributed by atoms with Gasteiger partial charge in [0.1, 0.15) is 0 Å². The molecule has 0 aromatic carbocycles. The van der Waals surface area contributed by atoms with E-state index in [4.69, 9.17) is 0 Å². The monoisotopic (exact) mass is 142 g/mol. The largest absolute Gasteiger partial charge is 0.304 e. The third kappa shape index (κ3) is 3.96. The van der Waals surface area contributed by atoms with Crippen LogP contribution in [0.5, 0.6) is 0 Å². The van der Waals surface area contributed by atoms with Crippen LogP contribution in [0.3, 0.4) is 0 Å². The zero-order chi connectivity index (χ0) is 5.98. The summed E-state index contributed by atoms with van der Waals surface area (Å²) in [7, 11) is 4.35. The third-order valence-corrected chi connectivity index (χ3v) is 1.73. The van der Waals surface area contributed by atoms with Crippen LogP contribution >= 0.6 is 0 Å². The average molecular weight is 142 g/mol. The molecule has 0 saturated carbocycles. The van der Waals surface area contributed by atoms with E-state index in [0.29, 0.717) is 0 Å². The molecule has 10 heavy (non-hydrogen) atoms. The van der Waals surface area contributed by atoms with Crippen LogP contribution in [0, 0.1) is 0 Å². The van der Waals surface area contributed by atoms with Gasteiger partial charge in [-0.05, 0) is 14.1 Å². The Balaban J connectivity index is 0. The maximum absolute atomic E-state index is 2.36. The number of hydrogen-bond acceptors (Lipinski definition) is 2. The van der Waals surface area contributed by atoms with Crippen LogP contribution in [-0.2, 0) is 0 Å². The summed E-state index contributed by atoms with van der Waals surface area (Å²) in [6.07, 6.45) is 0. The second kappa shape index (κ2) is 5.81. The molecule has 0 radical (unpaired) electrons. The van der Waals surface area contributed by atoms with E-state index in [0.717, 1.165) is 0 Å². The maximum atomic E-state index is 2.36. The molecule has 0 N–H and O–H groups in total. The highest BCUT2D eigenvalue weighted by Crippen LogP contribution is 1.93. The predicted molar refractivity (Wildman–Crippen MR) is 54.9 cm³/mol. The van der Waals surface area contributed by atoms with Crippen molar-refractivity contribution in [2.24, 2.45) is 0 Å². The molecule has 0 aromatic heterocycles. The van der Waals surface area contributed by atoms with Gasteiger partial charge in [0, 0.05) is 26.2 Å². The number of nitrogens with zero attached hydrogens (tertiary/aromatic N) is 2. The quantitative estimate of drug-likeness (QED) is 0.345. The van der Waals surface area contributed by atoms with Crippen molar-refractivity contribution in [1.82, 2.24) is 9.80 Å². The van der Waals surface area contributed by atoms with E-state index in [1.165, 1.54) is 26.2 Å². The Morgan fingerprint density at radius 1 is 0.700 bits per heavy atom. The maximum Gasteiger partial charge on any atom is 0.0814 e. The summed E-state index contributed by atoms with van der Waals surface area (Å²) in [6, 6.07) is 0. The Morgan fingerprint density at radius 3 is 1.10 bits per heavy atom. The lowest BCUT2D eigenvalue weighted by Gasteiger charge is -2.28. The van der Waals surface area contributed by atoms with Crippen molar-refractivity contribution in [3.8, 4) is 0 Å². The van der Waals surface area contributed by atoms with Crippen LogP contribution in [0.15, 0.2) is 0 Å². The molecule has 0 aromatic rings. The number of rotatable bonds is 0.